The quantitative estimate of drug-likeness (QED) is 0.864. The van der Waals surface area contributed by atoms with Crippen LogP contribution in [-0.2, 0) is 4.79 Å². The highest BCUT2D eigenvalue weighted by Gasteiger charge is 2.14. The van der Waals surface area contributed by atoms with Gasteiger partial charge < -0.3 is 4.74 Å². The maximum Gasteiger partial charge on any atom is 0.277 e. The summed E-state index contributed by atoms with van der Waals surface area (Å²) in [6.07, 6.45) is 4.28. The van der Waals surface area contributed by atoms with E-state index in [0.717, 1.165) is 25.0 Å². The smallest absolute Gasteiger partial charge is 0.277 e. The molecule has 1 atom stereocenters. The van der Waals surface area contributed by atoms with Crippen molar-refractivity contribution in [3.63, 3.8) is 0 Å². The van der Waals surface area contributed by atoms with Crippen molar-refractivity contribution in [3.8, 4) is 11.8 Å². The molecule has 2 rings (SSSR count). The van der Waals surface area contributed by atoms with Crippen LogP contribution in [0.5, 0.6) is 5.75 Å². The summed E-state index contributed by atoms with van der Waals surface area (Å²) in [4.78, 5) is 11.7. The minimum absolute atomic E-state index is 0.0851. The fourth-order valence-corrected chi connectivity index (χ4v) is 2.31. The third kappa shape index (κ3) is 4.92. The molecule has 110 valence electrons. The van der Waals surface area contributed by atoms with E-state index in [-0.39, 0.29) is 12.5 Å². The number of nitrogens with zero attached hydrogens (tertiary/aromatic N) is 2. The summed E-state index contributed by atoms with van der Waals surface area (Å²) < 4.78 is 5.34. The first-order valence-electron chi connectivity index (χ1n) is 7.14. The van der Waals surface area contributed by atoms with E-state index in [1.807, 2.05) is 6.07 Å². The average molecular weight is 285 g/mol. The number of hydrogen-bond donors (Lipinski definition) is 1. The first kappa shape index (κ1) is 15.0. The van der Waals surface area contributed by atoms with Crippen molar-refractivity contribution in [2.24, 2.45) is 11.0 Å². The predicted octanol–water partition coefficient (Wildman–Crippen LogP) is 2.62. The minimum Gasteiger partial charge on any atom is -0.484 e. The van der Waals surface area contributed by atoms with Crippen molar-refractivity contribution in [1.82, 2.24) is 5.43 Å². The molecule has 1 fully saturated rings. The Bertz CT molecular complexity index is 558. The number of hydrogen-bond acceptors (Lipinski definition) is 4. The van der Waals surface area contributed by atoms with Gasteiger partial charge in [-0.3, -0.25) is 4.79 Å². The van der Waals surface area contributed by atoms with E-state index >= 15 is 0 Å². The van der Waals surface area contributed by atoms with E-state index in [1.165, 1.54) is 6.42 Å². The Morgan fingerprint density at radius 2 is 2.24 bits per heavy atom. The van der Waals surface area contributed by atoms with Gasteiger partial charge in [0.1, 0.15) is 5.75 Å². The van der Waals surface area contributed by atoms with Crippen LogP contribution < -0.4 is 10.2 Å². The molecule has 21 heavy (non-hydrogen) atoms. The number of benzene rings is 1. The highest BCUT2D eigenvalue weighted by molar-refractivity contribution is 5.87. The molecule has 0 spiro atoms. The minimum atomic E-state index is -0.273. The zero-order valence-corrected chi connectivity index (χ0v) is 12.1. The number of hydrazone groups is 1. The van der Waals surface area contributed by atoms with E-state index in [4.69, 9.17) is 10.00 Å². The Kier molecular flexibility index (Phi) is 5.33. The lowest BCUT2D eigenvalue weighted by molar-refractivity contribution is -0.123. The molecule has 0 aromatic heterocycles. The summed E-state index contributed by atoms with van der Waals surface area (Å²) in [6, 6.07) is 8.66. The van der Waals surface area contributed by atoms with Gasteiger partial charge in [-0.05, 0) is 55.9 Å². The second-order valence-electron chi connectivity index (χ2n) is 5.34. The van der Waals surface area contributed by atoms with Crippen LogP contribution in [0.25, 0.3) is 0 Å². The summed E-state index contributed by atoms with van der Waals surface area (Å²) in [6.45, 7) is 2.11. The lowest BCUT2D eigenvalue weighted by atomic mass is 9.89. The van der Waals surface area contributed by atoms with Crippen molar-refractivity contribution in [1.29, 1.82) is 5.26 Å². The molecule has 0 radical (unpaired) electrons. The van der Waals surface area contributed by atoms with E-state index in [2.05, 4.69) is 17.5 Å². The first-order valence-corrected chi connectivity index (χ1v) is 7.14. The van der Waals surface area contributed by atoms with Crippen LogP contribution in [0.4, 0.5) is 0 Å². The van der Waals surface area contributed by atoms with E-state index in [9.17, 15) is 4.79 Å². The molecule has 0 bridgehead atoms. The molecule has 1 saturated carbocycles. The highest BCUT2D eigenvalue weighted by atomic mass is 16.5. The van der Waals surface area contributed by atoms with Gasteiger partial charge >= 0.3 is 0 Å². The van der Waals surface area contributed by atoms with Crippen molar-refractivity contribution >= 4 is 11.6 Å². The third-order valence-corrected chi connectivity index (χ3v) is 3.44. The maximum absolute atomic E-state index is 11.7. The lowest BCUT2D eigenvalue weighted by Gasteiger charge is -2.18. The number of rotatable bonds is 4. The fraction of sp³-hybridized carbons (Fsp3) is 0.438. The molecule has 0 saturated heterocycles. The molecule has 1 amide bonds. The van der Waals surface area contributed by atoms with Gasteiger partial charge in [-0.2, -0.15) is 10.4 Å². The molecule has 0 aliphatic heterocycles. The van der Waals surface area contributed by atoms with E-state index in [0.29, 0.717) is 17.2 Å². The van der Waals surface area contributed by atoms with Crippen LogP contribution in [-0.4, -0.2) is 18.2 Å². The van der Waals surface area contributed by atoms with Crippen molar-refractivity contribution in [2.45, 2.75) is 32.6 Å². The predicted molar refractivity (Wildman–Crippen MR) is 79.9 cm³/mol. The van der Waals surface area contributed by atoms with Crippen LogP contribution in [0.2, 0.25) is 0 Å². The fourth-order valence-electron chi connectivity index (χ4n) is 2.31. The van der Waals surface area contributed by atoms with E-state index < -0.39 is 0 Å². The standard InChI is InChI=1S/C16H19N3O2/c1-12-3-2-4-14(9-12)18-19-16(20)11-21-15-7-5-13(10-17)6-8-15/h5-8,12H,2-4,9,11H2,1H3,(H,19,20). The number of carbonyl (C=O) groups is 1. The van der Waals surface area contributed by atoms with Gasteiger partial charge in [0.15, 0.2) is 6.61 Å². The van der Waals surface area contributed by atoms with E-state index in [1.54, 1.807) is 24.3 Å². The zero-order valence-electron chi connectivity index (χ0n) is 12.1. The van der Waals surface area contributed by atoms with Gasteiger partial charge in [-0.25, -0.2) is 5.43 Å². The van der Waals surface area contributed by atoms with Gasteiger partial charge in [0.05, 0.1) is 11.6 Å². The molecule has 1 aliphatic rings. The Morgan fingerprint density at radius 1 is 1.48 bits per heavy atom. The van der Waals surface area contributed by atoms with Gasteiger partial charge in [-0.15, -0.1) is 0 Å². The van der Waals surface area contributed by atoms with Gasteiger partial charge in [0.2, 0.25) is 0 Å². The largest absolute Gasteiger partial charge is 0.484 e. The molecular weight excluding hydrogens is 266 g/mol. The van der Waals surface area contributed by atoms with Crippen LogP contribution in [0.15, 0.2) is 29.4 Å². The van der Waals surface area contributed by atoms with Crippen LogP contribution >= 0.6 is 0 Å². The number of nitrogens with one attached hydrogen (secondary N) is 1. The number of carbonyl (C=O) groups excluding carboxylic acids is 1. The van der Waals surface area contributed by atoms with Crippen LogP contribution in [0.1, 0.15) is 38.2 Å². The Labute approximate surface area is 124 Å². The number of ether oxygens (including phenoxy) is 1. The Hall–Kier alpha value is -2.35. The van der Waals surface area contributed by atoms with Crippen molar-refractivity contribution < 1.29 is 9.53 Å². The summed E-state index contributed by atoms with van der Waals surface area (Å²) >= 11 is 0. The second kappa shape index (κ2) is 7.44. The summed E-state index contributed by atoms with van der Waals surface area (Å²) in [7, 11) is 0. The van der Waals surface area contributed by atoms with Crippen LogP contribution in [0, 0.1) is 17.2 Å². The number of nitriles is 1. The summed E-state index contributed by atoms with van der Waals surface area (Å²) in [5, 5.41) is 12.9. The monoisotopic (exact) mass is 285 g/mol. The third-order valence-electron chi connectivity index (χ3n) is 3.44. The molecule has 1 N–H and O–H groups in total. The highest BCUT2D eigenvalue weighted by Crippen LogP contribution is 2.20. The molecule has 5 nitrogen and oxygen atoms in total. The zero-order chi connectivity index (χ0) is 15.1. The second-order valence-corrected chi connectivity index (χ2v) is 5.34. The first-order chi connectivity index (χ1) is 10.2. The summed E-state index contributed by atoms with van der Waals surface area (Å²) in [5.41, 5.74) is 4.15. The van der Waals surface area contributed by atoms with Gasteiger partial charge in [0, 0.05) is 5.71 Å². The molecular formula is C16H19N3O2. The van der Waals surface area contributed by atoms with Gasteiger partial charge in [0.25, 0.3) is 5.91 Å². The Balaban J connectivity index is 1.76. The average Bonchev–Trinajstić information content (AvgIpc) is 2.51. The van der Waals surface area contributed by atoms with Crippen molar-refractivity contribution in [2.75, 3.05) is 6.61 Å². The van der Waals surface area contributed by atoms with Crippen LogP contribution in [0.3, 0.4) is 0 Å². The summed E-state index contributed by atoms with van der Waals surface area (Å²) in [5.74, 6) is 0.928. The topological polar surface area (TPSA) is 74.5 Å². The molecule has 1 aliphatic carbocycles. The Morgan fingerprint density at radius 3 is 2.90 bits per heavy atom. The SMILES string of the molecule is CC1CCCC(=NNC(=O)COc2ccc(C#N)cc2)C1. The normalized spacial score (nSPS) is 19.8. The van der Waals surface area contributed by atoms with Crippen molar-refractivity contribution in [3.05, 3.63) is 29.8 Å². The maximum atomic E-state index is 11.7. The molecule has 1 unspecified atom stereocenters. The van der Waals surface area contributed by atoms with Gasteiger partial charge in [-0.1, -0.05) is 6.92 Å². The molecule has 1 aromatic carbocycles. The molecule has 0 heterocycles. The lowest BCUT2D eigenvalue weighted by Crippen LogP contribution is -2.27. The number of amides is 1. The molecule has 1 aromatic rings. The molecule has 5 heteroatoms.